The third-order valence-electron chi connectivity index (χ3n) is 6.66. The van der Waals surface area contributed by atoms with Gasteiger partial charge in [-0.15, -0.1) is 0 Å². The number of esters is 1. The number of aromatic amines is 1. The smallest absolute Gasteiger partial charge is 0.329 e. The van der Waals surface area contributed by atoms with E-state index in [4.69, 9.17) is 16.3 Å². The fourth-order valence-electron chi connectivity index (χ4n) is 4.60. The quantitative estimate of drug-likeness (QED) is 0.450. The molecule has 0 spiro atoms. The average molecular weight is 496 g/mol. The van der Waals surface area contributed by atoms with Gasteiger partial charge in [0.25, 0.3) is 11.8 Å². The highest BCUT2D eigenvalue weighted by Crippen LogP contribution is 2.22. The highest BCUT2D eigenvalue weighted by Gasteiger charge is 2.28. The van der Waals surface area contributed by atoms with Crippen LogP contribution in [0.3, 0.4) is 0 Å². The Hall–Kier alpha value is -3.32. The number of carbonyl (C=O) groups is 3. The number of halogens is 1. The first kappa shape index (κ1) is 24.8. The molecule has 2 amide bonds. The number of ether oxygens (including phenoxy) is 1. The summed E-state index contributed by atoms with van der Waals surface area (Å²) in [5.41, 5.74) is 2.04. The lowest BCUT2D eigenvalue weighted by Crippen LogP contribution is -2.45. The predicted octanol–water partition coefficient (Wildman–Crippen LogP) is 4.50. The number of hydrogen-bond acceptors (Lipinski definition) is 4. The molecule has 0 bridgehead atoms. The molecule has 4 rings (SSSR count). The second-order valence-corrected chi connectivity index (χ2v) is 9.38. The zero-order valence-corrected chi connectivity index (χ0v) is 20.5. The molecule has 0 saturated heterocycles. The summed E-state index contributed by atoms with van der Waals surface area (Å²) in [4.78, 5) is 43.6. The number of likely N-dealkylation sites (N-methyl/N-ethyl adjacent to an activating group) is 1. The molecule has 184 valence electrons. The topological polar surface area (TPSA) is 91.5 Å². The van der Waals surface area contributed by atoms with Crippen molar-refractivity contribution in [1.29, 1.82) is 0 Å². The van der Waals surface area contributed by atoms with Crippen LogP contribution in [0.4, 0.5) is 0 Å². The van der Waals surface area contributed by atoms with Crippen LogP contribution in [0.2, 0.25) is 5.02 Å². The Morgan fingerprint density at radius 1 is 1.09 bits per heavy atom. The normalized spacial score (nSPS) is 14.9. The van der Waals surface area contributed by atoms with Crippen LogP contribution >= 0.6 is 11.6 Å². The Balaban J connectivity index is 1.47. The van der Waals surface area contributed by atoms with Crippen LogP contribution in [0.5, 0.6) is 0 Å². The van der Waals surface area contributed by atoms with E-state index in [-0.39, 0.29) is 35.6 Å². The van der Waals surface area contributed by atoms with E-state index in [0.717, 1.165) is 42.1 Å². The van der Waals surface area contributed by atoms with Crippen molar-refractivity contribution in [3.05, 3.63) is 70.9 Å². The van der Waals surface area contributed by atoms with Gasteiger partial charge in [-0.2, -0.15) is 0 Å². The van der Waals surface area contributed by atoms with E-state index >= 15 is 0 Å². The summed E-state index contributed by atoms with van der Waals surface area (Å²) in [6.45, 7) is -0.363. The fourth-order valence-corrected chi connectivity index (χ4v) is 4.82. The summed E-state index contributed by atoms with van der Waals surface area (Å²) < 4.78 is 5.42. The molecule has 7 nitrogen and oxygen atoms in total. The van der Waals surface area contributed by atoms with Gasteiger partial charge < -0.3 is 19.9 Å². The molecule has 2 aromatic carbocycles. The molecule has 3 aromatic rings. The molecule has 0 radical (unpaired) electrons. The highest BCUT2D eigenvalue weighted by atomic mass is 35.5. The summed E-state index contributed by atoms with van der Waals surface area (Å²) in [5, 5.41) is 3.99. The lowest BCUT2D eigenvalue weighted by Gasteiger charge is -2.31. The van der Waals surface area contributed by atoms with E-state index in [1.165, 1.54) is 6.42 Å². The van der Waals surface area contributed by atoms with Gasteiger partial charge in [0.05, 0.1) is 10.6 Å². The van der Waals surface area contributed by atoms with Crippen molar-refractivity contribution in [2.24, 2.45) is 0 Å². The SMILES string of the molecule is CN(C(=O)COC(=O)C(Cc1c[nH]c2ccccc12)NC(=O)c1ccccc1Cl)C1CCCCC1. The van der Waals surface area contributed by atoms with Gasteiger partial charge in [0.1, 0.15) is 6.04 Å². The maximum atomic E-state index is 13.1. The van der Waals surface area contributed by atoms with E-state index in [0.29, 0.717) is 0 Å². The molecule has 1 heterocycles. The maximum absolute atomic E-state index is 13.1. The van der Waals surface area contributed by atoms with Crippen LogP contribution in [-0.4, -0.2) is 53.4 Å². The van der Waals surface area contributed by atoms with E-state index in [2.05, 4.69) is 10.3 Å². The second-order valence-electron chi connectivity index (χ2n) is 8.97. The molecule has 1 aromatic heterocycles. The number of nitrogens with one attached hydrogen (secondary N) is 2. The second kappa shape index (κ2) is 11.4. The van der Waals surface area contributed by atoms with Crippen molar-refractivity contribution in [3.63, 3.8) is 0 Å². The molecule has 1 saturated carbocycles. The third kappa shape index (κ3) is 6.03. The van der Waals surface area contributed by atoms with Gasteiger partial charge in [-0.1, -0.05) is 61.2 Å². The summed E-state index contributed by atoms with van der Waals surface area (Å²) in [7, 11) is 1.76. The Morgan fingerprint density at radius 3 is 2.57 bits per heavy atom. The van der Waals surface area contributed by atoms with Crippen molar-refractivity contribution >= 4 is 40.3 Å². The first-order valence-corrected chi connectivity index (χ1v) is 12.3. The molecule has 1 unspecified atom stereocenters. The summed E-state index contributed by atoms with van der Waals surface area (Å²) in [6, 6.07) is 13.5. The number of carbonyl (C=O) groups excluding carboxylic acids is 3. The lowest BCUT2D eigenvalue weighted by molar-refractivity contribution is -0.154. The van der Waals surface area contributed by atoms with Crippen LogP contribution < -0.4 is 5.32 Å². The Bertz CT molecular complexity index is 1200. The van der Waals surface area contributed by atoms with Crippen molar-refractivity contribution < 1.29 is 19.1 Å². The molecule has 8 heteroatoms. The average Bonchev–Trinajstić information content (AvgIpc) is 3.29. The van der Waals surface area contributed by atoms with E-state index in [9.17, 15) is 14.4 Å². The zero-order valence-electron chi connectivity index (χ0n) is 19.8. The summed E-state index contributed by atoms with van der Waals surface area (Å²) >= 11 is 6.18. The van der Waals surface area contributed by atoms with Gasteiger partial charge in [0, 0.05) is 36.6 Å². The first-order chi connectivity index (χ1) is 16.9. The monoisotopic (exact) mass is 495 g/mol. The number of para-hydroxylation sites is 1. The number of rotatable bonds is 8. The Kier molecular flexibility index (Phi) is 8.08. The van der Waals surface area contributed by atoms with Crippen molar-refractivity contribution in [3.8, 4) is 0 Å². The van der Waals surface area contributed by atoms with Gasteiger partial charge in [0.15, 0.2) is 6.61 Å². The van der Waals surface area contributed by atoms with Crippen LogP contribution in [0.15, 0.2) is 54.7 Å². The lowest BCUT2D eigenvalue weighted by atomic mass is 9.94. The van der Waals surface area contributed by atoms with Gasteiger partial charge in [-0.3, -0.25) is 9.59 Å². The van der Waals surface area contributed by atoms with E-state index in [1.54, 1.807) is 36.2 Å². The van der Waals surface area contributed by atoms with Crippen LogP contribution in [0.25, 0.3) is 10.9 Å². The number of fused-ring (bicyclic) bond motifs is 1. The number of amides is 2. The standard InChI is InChI=1S/C27H30ClN3O4/c1-31(19-9-3-2-4-10-19)25(32)17-35-27(34)24(30-26(33)21-12-5-7-13-22(21)28)15-18-16-29-23-14-8-6-11-20(18)23/h5-8,11-14,16,19,24,29H,2-4,9-10,15,17H2,1H3,(H,30,33). The van der Waals surface area contributed by atoms with Gasteiger partial charge >= 0.3 is 5.97 Å². The minimum Gasteiger partial charge on any atom is -0.454 e. The summed E-state index contributed by atoms with van der Waals surface area (Å²) in [6.07, 6.45) is 7.33. The number of aromatic nitrogens is 1. The molecule has 2 N–H and O–H groups in total. The van der Waals surface area contributed by atoms with Crippen LogP contribution in [-0.2, 0) is 20.7 Å². The fraction of sp³-hybridized carbons (Fsp3) is 0.370. The third-order valence-corrected chi connectivity index (χ3v) is 6.99. The highest BCUT2D eigenvalue weighted by molar-refractivity contribution is 6.33. The zero-order chi connectivity index (χ0) is 24.8. The van der Waals surface area contributed by atoms with Crippen molar-refractivity contribution in [2.45, 2.75) is 50.6 Å². The van der Waals surface area contributed by atoms with Gasteiger partial charge in [0.2, 0.25) is 0 Å². The minimum absolute atomic E-state index is 0.178. The van der Waals surface area contributed by atoms with E-state index in [1.807, 2.05) is 30.5 Å². The Morgan fingerprint density at radius 2 is 1.80 bits per heavy atom. The van der Waals surface area contributed by atoms with Gasteiger partial charge in [-0.25, -0.2) is 4.79 Å². The molecule has 0 aliphatic heterocycles. The first-order valence-electron chi connectivity index (χ1n) is 12.0. The minimum atomic E-state index is -0.995. The molecular weight excluding hydrogens is 466 g/mol. The predicted molar refractivity (Wildman–Crippen MR) is 135 cm³/mol. The van der Waals surface area contributed by atoms with Crippen LogP contribution in [0.1, 0.15) is 48.0 Å². The number of H-pyrrole nitrogens is 1. The molecule has 35 heavy (non-hydrogen) atoms. The maximum Gasteiger partial charge on any atom is 0.329 e. The molecule has 1 aliphatic rings. The molecule has 1 atom stereocenters. The molecular formula is C27H30ClN3O4. The van der Waals surface area contributed by atoms with Crippen molar-refractivity contribution in [2.75, 3.05) is 13.7 Å². The number of hydrogen-bond donors (Lipinski definition) is 2. The van der Waals surface area contributed by atoms with Crippen molar-refractivity contribution in [1.82, 2.24) is 15.2 Å². The van der Waals surface area contributed by atoms with Gasteiger partial charge in [-0.05, 0) is 36.6 Å². The molecule has 1 aliphatic carbocycles. The summed E-state index contributed by atoms with van der Waals surface area (Å²) in [5.74, 6) is -1.39. The number of nitrogens with zero attached hydrogens (tertiary/aromatic N) is 1. The Labute approximate surface area is 209 Å². The molecule has 1 fully saturated rings. The number of benzene rings is 2. The van der Waals surface area contributed by atoms with Crippen LogP contribution in [0, 0.1) is 0 Å². The largest absolute Gasteiger partial charge is 0.454 e. The van der Waals surface area contributed by atoms with E-state index < -0.39 is 17.9 Å².